The van der Waals surface area contributed by atoms with Gasteiger partial charge in [0.15, 0.2) is 11.5 Å². The highest BCUT2D eigenvalue weighted by Gasteiger charge is 2.18. The first-order chi connectivity index (χ1) is 14.5. The Labute approximate surface area is 176 Å². The van der Waals surface area contributed by atoms with Gasteiger partial charge in [0.05, 0.1) is 12.8 Å². The lowest BCUT2D eigenvalue weighted by Gasteiger charge is -2.12. The molecule has 0 saturated carbocycles. The van der Waals surface area contributed by atoms with Crippen LogP contribution in [0.4, 0.5) is 0 Å². The Balaban J connectivity index is 1.94. The van der Waals surface area contributed by atoms with Crippen LogP contribution in [0.15, 0.2) is 63.3 Å². The van der Waals surface area contributed by atoms with Gasteiger partial charge < -0.3 is 4.74 Å². The summed E-state index contributed by atoms with van der Waals surface area (Å²) in [5.41, 5.74) is 1.01. The summed E-state index contributed by atoms with van der Waals surface area (Å²) in [5, 5.41) is 0.812. The molecule has 0 bridgehead atoms. The molecular formula is C21H19N5O3S. The van der Waals surface area contributed by atoms with E-state index in [9.17, 15) is 9.59 Å². The fraction of sp³-hybridized carbons (Fsp3) is 0.190. The summed E-state index contributed by atoms with van der Waals surface area (Å²) in [5.74, 6) is 1.60. The second-order valence-corrected chi connectivity index (χ2v) is 7.56. The first-order valence-corrected chi connectivity index (χ1v) is 10.1. The van der Waals surface area contributed by atoms with E-state index in [-0.39, 0.29) is 0 Å². The van der Waals surface area contributed by atoms with Crippen LogP contribution < -0.4 is 16.0 Å². The van der Waals surface area contributed by atoms with Crippen molar-refractivity contribution in [1.29, 1.82) is 0 Å². The summed E-state index contributed by atoms with van der Waals surface area (Å²) in [6.07, 6.45) is 1.72. The van der Waals surface area contributed by atoms with Crippen LogP contribution in [0.2, 0.25) is 0 Å². The van der Waals surface area contributed by atoms with Gasteiger partial charge in [0.25, 0.3) is 5.56 Å². The van der Waals surface area contributed by atoms with Crippen LogP contribution in [-0.2, 0) is 19.8 Å². The van der Waals surface area contributed by atoms with Crippen molar-refractivity contribution in [2.45, 2.75) is 10.8 Å². The third-order valence-corrected chi connectivity index (χ3v) is 5.69. The number of hydrogen-bond donors (Lipinski definition) is 0. The second-order valence-electron chi connectivity index (χ2n) is 6.60. The number of pyridine rings is 1. The maximum Gasteiger partial charge on any atom is 0.332 e. The van der Waals surface area contributed by atoms with Crippen LogP contribution in [0.3, 0.4) is 0 Å². The Kier molecular flexibility index (Phi) is 5.37. The summed E-state index contributed by atoms with van der Waals surface area (Å²) in [6.45, 7) is 0. The molecule has 0 atom stereocenters. The molecule has 0 amide bonds. The largest absolute Gasteiger partial charge is 0.497 e. The molecule has 9 heteroatoms. The lowest BCUT2D eigenvalue weighted by Crippen LogP contribution is -2.37. The van der Waals surface area contributed by atoms with Crippen LogP contribution in [0, 0.1) is 0 Å². The highest BCUT2D eigenvalue weighted by atomic mass is 32.2. The molecule has 0 N–H and O–H groups in total. The first kappa shape index (κ1) is 19.8. The molecule has 0 saturated heterocycles. The standard InChI is InChI=1S/C21H19N5O3S/c1-25-18-16(20(27)26(2)21(25)28)19(30-12-14-8-4-5-10-22-14)24-17(23-18)13-7-6-9-15(11-13)29-3/h4-11H,12H2,1-3H3. The number of rotatable bonds is 5. The van der Waals surface area contributed by atoms with Crippen molar-refractivity contribution in [3.8, 4) is 17.1 Å². The molecule has 1 aromatic carbocycles. The van der Waals surface area contributed by atoms with E-state index in [1.54, 1.807) is 20.4 Å². The number of thioether (sulfide) groups is 1. The zero-order valence-corrected chi connectivity index (χ0v) is 17.5. The molecule has 4 rings (SSSR count). The number of aryl methyl sites for hydroxylation is 1. The summed E-state index contributed by atoms with van der Waals surface area (Å²) < 4.78 is 7.74. The van der Waals surface area contributed by atoms with Gasteiger partial charge in [0, 0.05) is 31.6 Å². The number of nitrogens with zero attached hydrogens (tertiary/aromatic N) is 5. The summed E-state index contributed by atoms with van der Waals surface area (Å²) in [6, 6.07) is 13.0. The third-order valence-electron chi connectivity index (χ3n) is 4.68. The van der Waals surface area contributed by atoms with E-state index in [0.29, 0.717) is 33.4 Å². The van der Waals surface area contributed by atoms with Gasteiger partial charge in [0.2, 0.25) is 0 Å². The average molecular weight is 421 g/mol. The van der Waals surface area contributed by atoms with Crippen molar-refractivity contribution in [1.82, 2.24) is 24.1 Å². The lowest BCUT2D eigenvalue weighted by atomic mass is 10.2. The maximum absolute atomic E-state index is 12.9. The number of hydrogen-bond acceptors (Lipinski definition) is 7. The van der Waals surface area contributed by atoms with Gasteiger partial charge in [-0.3, -0.25) is 18.9 Å². The summed E-state index contributed by atoms with van der Waals surface area (Å²) in [4.78, 5) is 38.9. The Bertz CT molecular complexity index is 1350. The first-order valence-electron chi connectivity index (χ1n) is 9.14. The smallest absolute Gasteiger partial charge is 0.332 e. The molecule has 0 spiro atoms. The average Bonchev–Trinajstić information content (AvgIpc) is 2.80. The molecule has 4 aromatic rings. The van der Waals surface area contributed by atoms with Gasteiger partial charge >= 0.3 is 5.69 Å². The molecule has 8 nitrogen and oxygen atoms in total. The highest BCUT2D eigenvalue weighted by molar-refractivity contribution is 7.98. The minimum absolute atomic E-state index is 0.291. The van der Waals surface area contributed by atoms with E-state index in [4.69, 9.17) is 4.74 Å². The number of aromatic nitrogens is 5. The van der Waals surface area contributed by atoms with Crippen molar-refractivity contribution >= 4 is 22.8 Å². The van der Waals surface area contributed by atoms with Gasteiger partial charge in [-0.25, -0.2) is 14.8 Å². The molecule has 152 valence electrons. The van der Waals surface area contributed by atoms with E-state index in [1.807, 2.05) is 42.5 Å². The van der Waals surface area contributed by atoms with E-state index in [2.05, 4.69) is 15.0 Å². The van der Waals surface area contributed by atoms with E-state index >= 15 is 0 Å². The molecule has 30 heavy (non-hydrogen) atoms. The van der Waals surface area contributed by atoms with Crippen molar-refractivity contribution in [3.63, 3.8) is 0 Å². The Morgan fingerprint density at radius 3 is 2.60 bits per heavy atom. The minimum atomic E-state index is -0.441. The van der Waals surface area contributed by atoms with Crippen LogP contribution in [-0.4, -0.2) is 31.2 Å². The number of ether oxygens (including phenoxy) is 1. The van der Waals surface area contributed by atoms with Gasteiger partial charge in [0.1, 0.15) is 16.2 Å². The van der Waals surface area contributed by atoms with Crippen LogP contribution >= 0.6 is 11.8 Å². The molecule has 3 aromatic heterocycles. The van der Waals surface area contributed by atoms with Crippen LogP contribution in [0.1, 0.15) is 5.69 Å². The number of fused-ring (bicyclic) bond motifs is 1. The Morgan fingerprint density at radius 1 is 1.03 bits per heavy atom. The summed E-state index contributed by atoms with van der Waals surface area (Å²) >= 11 is 1.39. The molecule has 0 unspecified atom stereocenters. The van der Waals surface area contributed by atoms with Crippen molar-refractivity contribution in [3.05, 3.63) is 75.2 Å². The molecule has 3 heterocycles. The zero-order valence-electron chi connectivity index (χ0n) is 16.7. The number of methoxy groups -OCH3 is 1. The molecule has 0 aliphatic heterocycles. The third kappa shape index (κ3) is 3.59. The zero-order chi connectivity index (χ0) is 21.3. The quantitative estimate of drug-likeness (QED) is 0.361. The van der Waals surface area contributed by atoms with Crippen molar-refractivity contribution in [2.24, 2.45) is 14.1 Å². The van der Waals surface area contributed by atoms with Crippen LogP contribution in [0.5, 0.6) is 5.75 Å². The Hall–Kier alpha value is -3.46. The number of benzene rings is 1. The lowest BCUT2D eigenvalue weighted by molar-refractivity contribution is 0.415. The molecule has 0 aliphatic rings. The van der Waals surface area contributed by atoms with E-state index in [1.165, 1.54) is 23.4 Å². The molecule has 0 radical (unpaired) electrons. The topological polar surface area (TPSA) is 91.9 Å². The fourth-order valence-corrected chi connectivity index (χ4v) is 3.98. The predicted molar refractivity (Wildman–Crippen MR) is 116 cm³/mol. The minimum Gasteiger partial charge on any atom is -0.497 e. The Morgan fingerprint density at radius 2 is 1.87 bits per heavy atom. The summed E-state index contributed by atoms with van der Waals surface area (Å²) in [7, 11) is 4.63. The van der Waals surface area contributed by atoms with E-state index < -0.39 is 11.2 Å². The second kappa shape index (κ2) is 8.11. The van der Waals surface area contributed by atoms with Crippen LogP contribution in [0.25, 0.3) is 22.4 Å². The molecule has 0 fully saturated rings. The van der Waals surface area contributed by atoms with Gasteiger partial charge in [-0.15, -0.1) is 0 Å². The van der Waals surface area contributed by atoms with Gasteiger partial charge in [-0.2, -0.15) is 0 Å². The van der Waals surface area contributed by atoms with Gasteiger partial charge in [-0.1, -0.05) is 30.0 Å². The molecular weight excluding hydrogens is 402 g/mol. The highest BCUT2D eigenvalue weighted by Crippen LogP contribution is 2.29. The molecule has 0 aliphatic carbocycles. The van der Waals surface area contributed by atoms with E-state index in [0.717, 1.165) is 15.8 Å². The monoisotopic (exact) mass is 421 g/mol. The predicted octanol–water partition coefficient (Wildman–Crippen LogP) is 2.39. The van der Waals surface area contributed by atoms with Crippen molar-refractivity contribution < 1.29 is 4.74 Å². The van der Waals surface area contributed by atoms with Crippen molar-refractivity contribution in [2.75, 3.05) is 7.11 Å². The maximum atomic E-state index is 12.9. The normalized spacial score (nSPS) is 11.0. The van der Waals surface area contributed by atoms with Gasteiger partial charge in [-0.05, 0) is 24.3 Å². The fourth-order valence-electron chi connectivity index (χ4n) is 3.05. The SMILES string of the molecule is COc1cccc(-c2nc(SCc3ccccn3)c3c(=O)n(C)c(=O)n(C)c3n2)c1.